The van der Waals surface area contributed by atoms with Crippen LogP contribution in [0, 0.1) is 0 Å². The Morgan fingerprint density at radius 2 is 2.00 bits per heavy atom. The van der Waals surface area contributed by atoms with Crippen LogP contribution in [0.15, 0.2) is 24.3 Å². The summed E-state index contributed by atoms with van der Waals surface area (Å²) in [5, 5.41) is 0. The van der Waals surface area contributed by atoms with Crippen LogP contribution in [-0.4, -0.2) is 30.1 Å². The molecule has 2 heteroatoms. The molecule has 0 saturated heterocycles. The van der Waals surface area contributed by atoms with Crippen molar-refractivity contribution >= 4 is 0 Å². The van der Waals surface area contributed by atoms with E-state index in [2.05, 4.69) is 43.0 Å². The van der Waals surface area contributed by atoms with Gasteiger partial charge < -0.3 is 9.64 Å². The number of fused-ring (bicyclic) bond motifs is 3. The molecule has 0 spiro atoms. The molecule has 1 aliphatic heterocycles. The predicted molar refractivity (Wildman–Crippen MR) is 88.0 cm³/mol. The molecule has 2 aliphatic rings. The topological polar surface area (TPSA) is 12.5 Å². The lowest BCUT2D eigenvalue weighted by Crippen LogP contribution is -2.41. The van der Waals surface area contributed by atoms with Gasteiger partial charge in [0.25, 0.3) is 0 Å². The van der Waals surface area contributed by atoms with E-state index in [0.717, 1.165) is 18.8 Å². The van der Waals surface area contributed by atoms with Gasteiger partial charge in [-0.3, -0.25) is 0 Å². The van der Waals surface area contributed by atoms with Crippen molar-refractivity contribution in [3.63, 3.8) is 0 Å². The molecular weight excluding hydrogens is 258 g/mol. The van der Waals surface area contributed by atoms with Crippen molar-refractivity contribution < 1.29 is 4.74 Å². The fraction of sp³-hybridized carbons (Fsp3) is 0.684. The van der Waals surface area contributed by atoms with E-state index < -0.39 is 0 Å². The Balaban J connectivity index is 1.70. The first-order valence-corrected chi connectivity index (χ1v) is 8.79. The van der Waals surface area contributed by atoms with Crippen molar-refractivity contribution in [1.29, 1.82) is 0 Å². The summed E-state index contributed by atoms with van der Waals surface area (Å²) < 4.78 is 6.53. The quantitative estimate of drug-likeness (QED) is 0.758. The average molecular weight is 287 g/mol. The van der Waals surface area contributed by atoms with Gasteiger partial charge in [0, 0.05) is 11.5 Å². The van der Waals surface area contributed by atoms with Crippen molar-refractivity contribution in [3.05, 3.63) is 29.8 Å². The van der Waals surface area contributed by atoms with E-state index in [1.54, 1.807) is 0 Å². The third-order valence-corrected chi connectivity index (χ3v) is 5.55. The number of hydrogen-bond acceptors (Lipinski definition) is 2. The van der Waals surface area contributed by atoms with Gasteiger partial charge in [-0.25, -0.2) is 0 Å². The summed E-state index contributed by atoms with van der Waals surface area (Å²) in [5.74, 6) is 1.80. The standard InChI is InChI=1S/C19H29NO/c1-3-20(4-2)15-9-14-19-13-8-7-11-17(19)16-10-5-6-12-18(16)21-19/h5-6,10,12,17H,3-4,7-9,11,13-15H2,1-2H3/t17-,19+/m0/s1. The molecule has 1 saturated carbocycles. The third kappa shape index (κ3) is 2.83. The number of benzene rings is 1. The Hall–Kier alpha value is -1.02. The van der Waals surface area contributed by atoms with Crippen LogP contribution in [0.4, 0.5) is 0 Å². The third-order valence-electron chi connectivity index (χ3n) is 5.55. The maximum absolute atomic E-state index is 6.53. The first-order valence-electron chi connectivity index (χ1n) is 8.79. The van der Waals surface area contributed by atoms with Crippen LogP contribution >= 0.6 is 0 Å². The van der Waals surface area contributed by atoms with Crippen molar-refractivity contribution in [2.45, 2.75) is 63.9 Å². The van der Waals surface area contributed by atoms with E-state index in [0.29, 0.717) is 5.92 Å². The fourth-order valence-electron chi connectivity index (χ4n) is 4.34. The largest absolute Gasteiger partial charge is 0.486 e. The van der Waals surface area contributed by atoms with Gasteiger partial charge in [-0.2, -0.15) is 0 Å². The number of hydrogen-bond donors (Lipinski definition) is 0. The highest BCUT2D eigenvalue weighted by molar-refractivity contribution is 5.43. The molecule has 0 radical (unpaired) electrons. The maximum Gasteiger partial charge on any atom is 0.123 e. The Labute approximate surface area is 129 Å². The second-order valence-electron chi connectivity index (χ2n) is 6.63. The predicted octanol–water partition coefficient (Wildman–Crippen LogP) is 4.60. The second-order valence-corrected chi connectivity index (χ2v) is 6.63. The van der Waals surface area contributed by atoms with Gasteiger partial charge in [-0.15, -0.1) is 0 Å². The van der Waals surface area contributed by atoms with Crippen LogP contribution < -0.4 is 4.74 Å². The lowest BCUT2D eigenvalue weighted by atomic mass is 9.71. The SMILES string of the molecule is CCN(CC)CCC[C@]12CCCC[C@H]1c1ccccc1O2. The number of ether oxygens (including phenoxy) is 1. The molecule has 1 fully saturated rings. The maximum atomic E-state index is 6.53. The number of rotatable bonds is 6. The lowest BCUT2D eigenvalue weighted by Gasteiger charge is -2.39. The van der Waals surface area contributed by atoms with Crippen molar-refractivity contribution in [1.82, 2.24) is 4.90 Å². The van der Waals surface area contributed by atoms with Gasteiger partial charge in [0.15, 0.2) is 0 Å². The van der Waals surface area contributed by atoms with Crippen LogP contribution in [0.3, 0.4) is 0 Å². The summed E-state index contributed by atoms with van der Waals surface area (Å²) >= 11 is 0. The molecule has 3 rings (SSSR count). The van der Waals surface area contributed by atoms with Crippen LogP contribution in [0.25, 0.3) is 0 Å². The van der Waals surface area contributed by atoms with Gasteiger partial charge in [0.1, 0.15) is 11.4 Å². The van der Waals surface area contributed by atoms with Gasteiger partial charge in [0.05, 0.1) is 0 Å². The summed E-state index contributed by atoms with van der Waals surface area (Å²) in [6.45, 7) is 8.05. The molecule has 116 valence electrons. The molecule has 0 N–H and O–H groups in total. The Bertz CT molecular complexity index is 468. The summed E-state index contributed by atoms with van der Waals surface area (Å²) in [5.41, 5.74) is 1.58. The molecule has 0 unspecified atom stereocenters. The molecule has 1 aliphatic carbocycles. The monoisotopic (exact) mass is 287 g/mol. The zero-order valence-corrected chi connectivity index (χ0v) is 13.6. The van der Waals surface area contributed by atoms with E-state index in [1.165, 1.54) is 50.6 Å². The number of para-hydroxylation sites is 1. The lowest BCUT2D eigenvalue weighted by molar-refractivity contribution is 0.0231. The number of nitrogens with zero attached hydrogens (tertiary/aromatic N) is 1. The van der Waals surface area contributed by atoms with Gasteiger partial charge in [0.2, 0.25) is 0 Å². The highest BCUT2D eigenvalue weighted by Gasteiger charge is 2.48. The zero-order chi connectivity index (χ0) is 14.7. The Kier molecular flexibility index (Phi) is 4.54. The van der Waals surface area contributed by atoms with Gasteiger partial charge in [-0.05, 0) is 57.8 Å². The van der Waals surface area contributed by atoms with Crippen molar-refractivity contribution in [2.24, 2.45) is 0 Å². The molecule has 0 aromatic heterocycles. The van der Waals surface area contributed by atoms with Crippen LogP contribution in [0.1, 0.15) is 63.9 Å². The summed E-state index contributed by atoms with van der Waals surface area (Å²) in [6.07, 6.45) is 7.71. The molecule has 2 nitrogen and oxygen atoms in total. The summed E-state index contributed by atoms with van der Waals surface area (Å²) in [4.78, 5) is 2.52. The highest BCUT2D eigenvalue weighted by Crippen LogP contribution is 2.53. The highest BCUT2D eigenvalue weighted by atomic mass is 16.5. The van der Waals surface area contributed by atoms with E-state index in [9.17, 15) is 0 Å². The minimum absolute atomic E-state index is 0.106. The van der Waals surface area contributed by atoms with Gasteiger partial charge >= 0.3 is 0 Å². The molecule has 0 bridgehead atoms. The smallest absolute Gasteiger partial charge is 0.123 e. The van der Waals surface area contributed by atoms with E-state index in [-0.39, 0.29) is 5.60 Å². The van der Waals surface area contributed by atoms with Crippen LogP contribution in [0.2, 0.25) is 0 Å². The molecular formula is C19H29NO. The Morgan fingerprint density at radius 1 is 1.19 bits per heavy atom. The molecule has 2 atom stereocenters. The molecule has 21 heavy (non-hydrogen) atoms. The fourth-order valence-corrected chi connectivity index (χ4v) is 4.34. The van der Waals surface area contributed by atoms with Crippen molar-refractivity contribution in [2.75, 3.05) is 19.6 Å². The average Bonchev–Trinajstić information content (AvgIpc) is 2.86. The van der Waals surface area contributed by atoms with Crippen LogP contribution in [-0.2, 0) is 0 Å². The van der Waals surface area contributed by atoms with E-state index in [1.807, 2.05) is 0 Å². The van der Waals surface area contributed by atoms with Crippen molar-refractivity contribution in [3.8, 4) is 5.75 Å². The van der Waals surface area contributed by atoms with E-state index in [4.69, 9.17) is 4.74 Å². The Morgan fingerprint density at radius 3 is 2.81 bits per heavy atom. The van der Waals surface area contributed by atoms with Crippen LogP contribution in [0.5, 0.6) is 5.75 Å². The normalized spacial score (nSPS) is 27.3. The van der Waals surface area contributed by atoms with E-state index >= 15 is 0 Å². The first kappa shape index (κ1) is 14.9. The zero-order valence-electron chi connectivity index (χ0n) is 13.6. The summed E-state index contributed by atoms with van der Waals surface area (Å²) in [6, 6.07) is 8.74. The second kappa shape index (κ2) is 6.39. The first-order chi connectivity index (χ1) is 10.3. The minimum Gasteiger partial charge on any atom is -0.486 e. The molecule has 1 aromatic carbocycles. The minimum atomic E-state index is 0.106. The van der Waals surface area contributed by atoms with Gasteiger partial charge in [-0.1, -0.05) is 38.5 Å². The molecule has 0 amide bonds. The molecule has 1 heterocycles. The summed E-state index contributed by atoms with van der Waals surface area (Å²) in [7, 11) is 0. The molecule has 1 aromatic rings.